The van der Waals surface area contributed by atoms with E-state index in [1.807, 2.05) is 0 Å². The Morgan fingerprint density at radius 3 is 2.73 bits per heavy atom. The van der Waals surface area contributed by atoms with Crippen LogP contribution < -0.4 is 5.32 Å². The Morgan fingerprint density at radius 2 is 2.18 bits per heavy atom. The lowest BCUT2D eigenvalue weighted by Crippen LogP contribution is -2.52. The Hall–Kier alpha value is -0.0800. The lowest BCUT2D eigenvalue weighted by Gasteiger charge is -2.33. The van der Waals surface area contributed by atoms with Gasteiger partial charge < -0.3 is 10.1 Å². The SMILES string of the molecule is CC(C)C1COCC2(CC2)N1. The maximum absolute atomic E-state index is 5.56. The molecule has 2 aliphatic rings. The van der Waals surface area contributed by atoms with Gasteiger partial charge in [0.05, 0.1) is 13.2 Å². The Morgan fingerprint density at radius 1 is 1.45 bits per heavy atom. The molecule has 1 aliphatic heterocycles. The zero-order chi connectivity index (χ0) is 7.90. The van der Waals surface area contributed by atoms with E-state index in [1.54, 1.807) is 0 Å². The molecule has 1 aliphatic carbocycles. The van der Waals surface area contributed by atoms with E-state index in [1.165, 1.54) is 12.8 Å². The van der Waals surface area contributed by atoms with E-state index in [0.29, 0.717) is 17.5 Å². The second kappa shape index (κ2) is 2.46. The van der Waals surface area contributed by atoms with Crippen LogP contribution in [0.3, 0.4) is 0 Å². The molecule has 0 amide bonds. The van der Waals surface area contributed by atoms with E-state index in [-0.39, 0.29) is 0 Å². The average molecular weight is 155 g/mol. The molecule has 2 rings (SSSR count). The Labute approximate surface area is 68.3 Å². The first-order valence-electron chi connectivity index (χ1n) is 4.57. The molecule has 2 heteroatoms. The molecule has 1 unspecified atom stereocenters. The molecule has 1 spiro atoms. The maximum Gasteiger partial charge on any atom is 0.0649 e. The molecule has 64 valence electrons. The summed E-state index contributed by atoms with van der Waals surface area (Å²) in [4.78, 5) is 0. The molecule has 1 saturated carbocycles. The first-order chi connectivity index (χ1) is 5.22. The van der Waals surface area contributed by atoms with Gasteiger partial charge in [0, 0.05) is 11.6 Å². The molecule has 0 aromatic rings. The minimum absolute atomic E-state index is 0.410. The first-order valence-corrected chi connectivity index (χ1v) is 4.57. The van der Waals surface area contributed by atoms with Crippen molar-refractivity contribution in [1.82, 2.24) is 5.32 Å². The van der Waals surface area contributed by atoms with Crippen LogP contribution in [0.1, 0.15) is 26.7 Å². The summed E-state index contributed by atoms with van der Waals surface area (Å²) in [5, 5.41) is 3.68. The van der Waals surface area contributed by atoms with Crippen molar-refractivity contribution in [1.29, 1.82) is 0 Å². The van der Waals surface area contributed by atoms with Gasteiger partial charge in [-0.1, -0.05) is 13.8 Å². The van der Waals surface area contributed by atoms with Crippen LogP contribution in [0.4, 0.5) is 0 Å². The molecular formula is C9H17NO. The zero-order valence-electron chi connectivity index (χ0n) is 7.39. The summed E-state index contributed by atoms with van der Waals surface area (Å²) in [7, 11) is 0. The van der Waals surface area contributed by atoms with Crippen molar-refractivity contribution < 1.29 is 4.74 Å². The molecule has 2 nitrogen and oxygen atoms in total. The maximum atomic E-state index is 5.56. The average Bonchev–Trinajstić information content (AvgIpc) is 2.69. The van der Waals surface area contributed by atoms with Crippen molar-refractivity contribution in [3.05, 3.63) is 0 Å². The van der Waals surface area contributed by atoms with E-state index >= 15 is 0 Å². The van der Waals surface area contributed by atoms with Crippen LogP contribution in [-0.2, 0) is 4.74 Å². The van der Waals surface area contributed by atoms with Gasteiger partial charge >= 0.3 is 0 Å². The minimum atomic E-state index is 0.410. The molecule has 0 radical (unpaired) electrons. The Balaban J connectivity index is 1.93. The van der Waals surface area contributed by atoms with Crippen LogP contribution >= 0.6 is 0 Å². The Kier molecular flexibility index (Phi) is 1.69. The van der Waals surface area contributed by atoms with Gasteiger partial charge in [-0.15, -0.1) is 0 Å². The van der Waals surface area contributed by atoms with Crippen LogP contribution in [0.5, 0.6) is 0 Å². The lowest BCUT2D eigenvalue weighted by atomic mass is 10.0. The topological polar surface area (TPSA) is 21.3 Å². The molecular weight excluding hydrogens is 138 g/mol. The van der Waals surface area contributed by atoms with Crippen LogP contribution in [0.2, 0.25) is 0 Å². The standard InChI is InChI=1S/C9H17NO/c1-7(2)8-5-11-6-9(10-8)3-4-9/h7-8,10H,3-6H2,1-2H3. The molecule has 0 bridgehead atoms. The van der Waals surface area contributed by atoms with Crippen LogP contribution in [0.25, 0.3) is 0 Å². The number of ether oxygens (including phenoxy) is 1. The highest BCUT2D eigenvalue weighted by molar-refractivity contribution is 5.05. The quantitative estimate of drug-likeness (QED) is 0.613. The van der Waals surface area contributed by atoms with E-state index in [2.05, 4.69) is 19.2 Å². The molecule has 11 heavy (non-hydrogen) atoms. The fourth-order valence-electron chi connectivity index (χ4n) is 1.66. The number of hydrogen-bond donors (Lipinski definition) is 1. The molecule has 0 aromatic heterocycles. The molecule has 1 saturated heterocycles. The van der Waals surface area contributed by atoms with Gasteiger partial charge in [0.1, 0.15) is 0 Å². The summed E-state index contributed by atoms with van der Waals surface area (Å²) >= 11 is 0. The fraction of sp³-hybridized carbons (Fsp3) is 1.00. The Bertz CT molecular complexity index is 152. The van der Waals surface area contributed by atoms with Gasteiger partial charge in [0.15, 0.2) is 0 Å². The summed E-state index contributed by atoms with van der Waals surface area (Å²) in [5.41, 5.74) is 0.410. The van der Waals surface area contributed by atoms with Gasteiger partial charge in [0.2, 0.25) is 0 Å². The van der Waals surface area contributed by atoms with E-state index in [0.717, 1.165) is 13.2 Å². The third kappa shape index (κ3) is 1.42. The van der Waals surface area contributed by atoms with Crippen molar-refractivity contribution in [3.8, 4) is 0 Å². The second-order valence-corrected chi connectivity index (χ2v) is 4.29. The normalized spacial score (nSPS) is 34.6. The van der Waals surface area contributed by atoms with Gasteiger partial charge in [-0.05, 0) is 18.8 Å². The molecule has 2 fully saturated rings. The summed E-state index contributed by atoms with van der Waals surface area (Å²) < 4.78 is 5.56. The molecule has 1 N–H and O–H groups in total. The highest BCUT2D eigenvalue weighted by Gasteiger charge is 2.46. The highest BCUT2D eigenvalue weighted by atomic mass is 16.5. The third-order valence-corrected chi connectivity index (χ3v) is 2.83. The molecule has 0 aromatic carbocycles. The smallest absolute Gasteiger partial charge is 0.0649 e. The van der Waals surface area contributed by atoms with Gasteiger partial charge in [0.25, 0.3) is 0 Å². The van der Waals surface area contributed by atoms with Gasteiger partial charge in [-0.2, -0.15) is 0 Å². The predicted molar refractivity (Wildman–Crippen MR) is 44.5 cm³/mol. The van der Waals surface area contributed by atoms with Crippen LogP contribution in [0, 0.1) is 5.92 Å². The summed E-state index contributed by atoms with van der Waals surface area (Å²) in [6.07, 6.45) is 2.63. The molecule has 1 atom stereocenters. The largest absolute Gasteiger partial charge is 0.378 e. The van der Waals surface area contributed by atoms with E-state index in [9.17, 15) is 0 Å². The molecule has 1 heterocycles. The van der Waals surface area contributed by atoms with Crippen LogP contribution in [-0.4, -0.2) is 24.8 Å². The monoisotopic (exact) mass is 155 g/mol. The fourth-order valence-corrected chi connectivity index (χ4v) is 1.66. The second-order valence-electron chi connectivity index (χ2n) is 4.29. The number of hydrogen-bond acceptors (Lipinski definition) is 2. The number of rotatable bonds is 1. The first kappa shape index (κ1) is 7.56. The van der Waals surface area contributed by atoms with Crippen molar-refractivity contribution in [2.24, 2.45) is 5.92 Å². The lowest BCUT2D eigenvalue weighted by molar-refractivity contribution is 0.0235. The van der Waals surface area contributed by atoms with Gasteiger partial charge in [-0.25, -0.2) is 0 Å². The zero-order valence-corrected chi connectivity index (χ0v) is 7.39. The van der Waals surface area contributed by atoms with E-state index in [4.69, 9.17) is 4.74 Å². The van der Waals surface area contributed by atoms with Crippen LogP contribution in [0.15, 0.2) is 0 Å². The number of morpholine rings is 1. The highest BCUT2D eigenvalue weighted by Crippen LogP contribution is 2.38. The van der Waals surface area contributed by atoms with Crippen molar-refractivity contribution in [2.75, 3.05) is 13.2 Å². The predicted octanol–water partition coefficient (Wildman–Crippen LogP) is 1.16. The number of nitrogens with one attached hydrogen (secondary N) is 1. The van der Waals surface area contributed by atoms with Gasteiger partial charge in [-0.3, -0.25) is 0 Å². The summed E-state index contributed by atoms with van der Waals surface area (Å²) in [5.74, 6) is 0.702. The van der Waals surface area contributed by atoms with Crippen molar-refractivity contribution in [3.63, 3.8) is 0 Å². The summed E-state index contributed by atoms with van der Waals surface area (Å²) in [6.45, 7) is 6.35. The minimum Gasteiger partial charge on any atom is -0.378 e. The van der Waals surface area contributed by atoms with Crippen molar-refractivity contribution in [2.45, 2.75) is 38.3 Å². The summed E-state index contributed by atoms with van der Waals surface area (Å²) in [6, 6.07) is 0.589. The third-order valence-electron chi connectivity index (χ3n) is 2.83. The van der Waals surface area contributed by atoms with E-state index < -0.39 is 0 Å². The van der Waals surface area contributed by atoms with Crippen molar-refractivity contribution >= 4 is 0 Å².